The molecule has 4 heteroatoms. The van der Waals surface area contributed by atoms with E-state index in [4.69, 9.17) is 4.74 Å². The second-order valence-corrected chi connectivity index (χ2v) is 5.75. The third-order valence-electron chi connectivity index (χ3n) is 3.25. The summed E-state index contributed by atoms with van der Waals surface area (Å²) in [6.07, 6.45) is 0. The Balaban J connectivity index is 2.09. The van der Waals surface area contributed by atoms with Crippen LogP contribution in [0.2, 0.25) is 0 Å². The van der Waals surface area contributed by atoms with Crippen LogP contribution in [0.4, 0.5) is 11.4 Å². The topological polar surface area (TPSA) is 34.1 Å². The molecule has 21 heavy (non-hydrogen) atoms. The number of rotatable bonds is 3. The second kappa shape index (κ2) is 5.74. The van der Waals surface area contributed by atoms with Gasteiger partial charge in [-0.2, -0.15) is 0 Å². The number of methoxy groups -OCH3 is 1. The number of halogens is 1. The molecule has 2 aromatic carbocycles. The van der Waals surface area contributed by atoms with Crippen LogP contribution in [0, 0.1) is 6.92 Å². The average molecular weight is 343 g/mol. The maximum absolute atomic E-state index is 5.27. The summed E-state index contributed by atoms with van der Waals surface area (Å²) in [7, 11) is 1.66. The molecule has 0 aliphatic heterocycles. The lowest BCUT2D eigenvalue weighted by Gasteiger charge is -2.12. The van der Waals surface area contributed by atoms with Gasteiger partial charge in [-0.1, -0.05) is 22.0 Å². The molecule has 106 valence electrons. The number of hydrogen-bond donors (Lipinski definition) is 1. The normalized spacial score (nSPS) is 10.6. The lowest BCUT2D eigenvalue weighted by atomic mass is 10.1. The van der Waals surface area contributed by atoms with Gasteiger partial charge < -0.3 is 10.1 Å². The van der Waals surface area contributed by atoms with Crippen molar-refractivity contribution in [2.24, 2.45) is 0 Å². The highest BCUT2D eigenvalue weighted by Crippen LogP contribution is 2.29. The number of nitrogens with zero attached hydrogens (tertiary/aromatic N) is 1. The van der Waals surface area contributed by atoms with Crippen LogP contribution in [0.5, 0.6) is 5.75 Å². The Morgan fingerprint density at radius 2 is 1.95 bits per heavy atom. The first-order valence-electron chi connectivity index (χ1n) is 6.64. The standard InChI is InChI=1S/C17H15BrN2O/c1-11-8-16(20-13-5-3-4-12(18)9-13)15-7-6-14(21-2)10-17(15)19-11/h3-10H,1-2H3,(H,19,20). The number of hydrogen-bond acceptors (Lipinski definition) is 3. The fourth-order valence-corrected chi connectivity index (χ4v) is 2.69. The first-order chi connectivity index (χ1) is 10.2. The SMILES string of the molecule is COc1ccc2c(Nc3cccc(Br)c3)cc(C)nc2c1. The van der Waals surface area contributed by atoms with E-state index in [1.807, 2.05) is 49.4 Å². The fraction of sp³-hybridized carbons (Fsp3) is 0.118. The van der Waals surface area contributed by atoms with E-state index in [0.29, 0.717) is 0 Å². The number of aryl methyl sites for hydroxylation is 1. The van der Waals surface area contributed by atoms with Crippen molar-refractivity contribution in [3.8, 4) is 5.75 Å². The first kappa shape index (κ1) is 13.9. The van der Waals surface area contributed by atoms with Crippen molar-refractivity contribution in [3.05, 3.63) is 58.7 Å². The highest BCUT2D eigenvalue weighted by Gasteiger charge is 2.06. The van der Waals surface area contributed by atoms with E-state index in [-0.39, 0.29) is 0 Å². The predicted octanol–water partition coefficient (Wildman–Crippen LogP) is 5.06. The summed E-state index contributed by atoms with van der Waals surface area (Å²) in [6.45, 7) is 1.99. The Morgan fingerprint density at radius 3 is 2.71 bits per heavy atom. The van der Waals surface area contributed by atoms with Crippen molar-refractivity contribution in [1.29, 1.82) is 0 Å². The molecule has 1 aromatic heterocycles. The molecule has 3 nitrogen and oxygen atoms in total. The molecule has 0 aliphatic rings. The second-order valence-electron chi connectivity index (χ2n) is 4.83. The van der Waals surface area contributed by atoms with Crippen LogP contribution in [0.1, 0.15) is 5.69 Å². The summed E-state index contributed by atoms with van der Waals surface area (Å²) in [5.41, 5.74) is 3.96. The lowest BCUT2D eigenvalue weighted by Crippen LogP contribution is -1.95. The van der Waals surface area contributed by atoms with Gasteiger partial charge in [0, 0.05) is 33.0 Å². The van der Waals surface area contributed by atoms with Crippen molar-refractivity contribution in [1.82, 2.24) is 4.98 Å². The molecule has 0 saturated heterocycles. The lowest BCUT2D eigenvalue weighted by molar-refractivity contribution is 0.415. The molecule has 0 saturated carbocycles. The average Bonchev–Trinajstić information content (AvgIpc) is 2.46. The molecule has 0 unspecified atom stereocenters. The molecule has 0 fully saturated rings. The van der Waals surface area contributed by atoms with E-state index >= 15 is 0 Å². The highest BCUT2D eigenvalue weighted by atomic mass is 79.9. The molecular weight excluding hydrogens is 328 g/mol. The molecule has 0 atom stereocenters. The van der Waals surface area contributed by atoms with Gasteiger partial charge in [-0.15, -0.1) is 0 Å². The van der Waals surface area contributed by atoms with Crippen molar-refractivity contribution >= 4 is 38.2 Å². The number of benzene rings is 2. The Labute approximate surface area is 132 Å². The van der Waals surface area contributed by atoms with E-state index < -0.39 is 0 Å². The number of nitrogens with one attached hydrogen (secondary N) is 1. The Hall–Kier alpha value is -2.07. The molecule has 0 radical (unpaired) electrons. The van der Waals surface area contributed by atoms with Gasteiger partial charge in [-0.3, -0.25) is 4.98 Å². The zero-order chi connectivity index (χ0) is 14.8. The fourth-order valence-electron chi connectivity index (χ4n) is 2.29. The summed E-state index contributed by atoms with van der Waals surface area (Å²) in [4.78, 5) is 4.57. The molecule has 3 aromatic rings. The maximum Gasteiger partial charge on any atom is 0.121 e. The third-order valence-corrected chi connectivity index (χ3v) is 3.74. The molecule has 1 N–H and O–H groups in total. The molecule has 0 amide bonds. The van der Waals surface area contributed by atoms with Crippen LogP contribution in [0.25, 0.3) is 10.9 Å². The van der Waals surface area contributed by atoms with Gasteiger partial charge in [0.2, 0.25) is 0 Å². The van der Waals surface area contributed by atoms with Crippen LogP contribution in [-0.4, -0.2) is 12.1 Å². The van der Waals surface area contributed by atoms with Gasteiger partial charge >= 0.3 is 0 Å². The molecule has 3 rings (SSSR count). The molecule has 0 bridgehead atoms. The predicted molar refractivity (Wildman–Crippen MR) is 90.5 cm³/mol. The maximum atomic E-state index is 5.27. The minimum Gasteiger partial charge on any atom is -0.497 e. The van der Waals surface area contributed by atoms with Crippen LogP contribution in [-0.2, 0) is 0 Å². The number of ether oxygens (including phenoxy) is 1. The summed E-state index contributed by atoms with van der Waals surface area (Å²) >= 11 is 3.49. The highest BCUT2D eigenvalue weighted by molar-refractivity contribution is 9.10. The van der Waals surface area contributed by atoms with Gasteiger partial charge in [-0.25, -0.2) is 0 Å². The number of pyridine rings is 1. The first-order valence-corrected chi connectivity index (χ1v) is 7.43. The van der Waals surface area contributed by atoms with Crippen molar-refractivity contribution in [2.45, 2.75) is 6.92 Å². The van der Waals surface area contributed by atoms with Crippen molar-refractivity contribution < 1.29 is 4.74 Å². The van der Waals surface area contributed by atoms with Gasteiger partial charge in [0.1, 0.15) is 5.75 Å². The van der Waals surface area contributed by atoms with E-state index in [0.717, 1.165) is 38.2 Å². The Morgan fingerprint density at radius 1 is 1.10 bits per heavy atom. The largest absolute Gasteiger partial charge is 0.497 e. The number of aromatic nitrogens is 1. The number of fused-ring (bicyclic) bond motifs is 1. The van der Waals surface area contributed by atoms with Gasteiger partial charge in [-0.05, 0) is 43.3 Å². The van der Waals surface area contributed by atoms with Gasteiger partial charge in [0.05, 0.1) is 12.6 Å². The summed E-state index contributed by atoms with van der Waals surface area (Å²) in [5.74, 6) is 0.814. The van der Waals surface area contributed by atoms with Crippen LogP contribution in [0.3, 0.4) is 0 Å². The minimum absolute atomic E-state index is 0.814. The third kappa shape index (κ3) is 3.00. The van der Waals surface area contributed by atoms with E-state index in [1.54, 1.807) is 7.11 Å². The van der Waals surface area contributed by atoms with Gasteiger partial charge in [0.15, 0.2) is 0 Å². The van der Waals surface area contributed by atoms with Crippen LogP contribution < -0.4 is 10.1 Å². The summed E-state index contributed by atoms with van der Waals surface area (Å²) in [5, 5.41) is 4.53. The minimum atomic E-state index is 0.814. The Bertz CT molecular complexity index is 802. The van der Waals surface area contributed by atoms with E-state index in [9.17, 15) is 0 Å². The van der Waals surface area contributed by atoms with Crippen LogP contribution >= 0.6 is 15.9 Å². The van der Waals surface area contributed by atoms with E-state index in [1.165, 1.54) is 0 Å². The number of anilines is 2. The molecule has 1 heterocycles. The zero-order valence-electron chi connectivity index (χ0n) is 11.9. The zero-order valence-corrected chi connectivity index (χ0v) is 13.4. The smallest absolute Gasteiger partial charge is 0.121 e. The summed E-state index contributed by atoms with van der Waals surface area (Å²) < 4.78 is 6.32. The monoisotopic (exact) mass is 342 g/mol. The van der Waals surface area contributed by atoms with Gasteiger partial charge in [0.25, 0.3) is 0 Å². The summed E-state index contributed by atoms with van der Waals surface area (Å²) in [6, 6.07) is 16.1. The van der Waals surface area contributed by atoms with E-state index in [2.05, 4.69) is 32.3 Å². The molecular formula is C17H15BrN2O. The molecule has 0 aliphatic carbocycles. The van der Waals surface area contributed by atoms with Crippen molar-refractivity contribution in [3.63, 3.8) is 0 Å². The Kier molecular flexibility index (Phi) is 3.80. The quantitative estimate of drug-likeness (QED) is 0.722. The van der Waals surface area contributed by atoms with Crippen LogP contribution in [0.15, 0.2) is 53.0 Å². The molecule has 0 spiro atoms. The van der Waals surface area contributed by atoms with Crippen molar-refractivity contribution in [2.75, 3.05) is 12.4 Å².